The number of fused-ring (bicyclic) bond motifs is 1. The zero-order valence-electron chi connectivity index (χ0n) is 11.3. The highest BCUT2D eigenvalue weighted by atomic mass is 16.7. The number of benzene rings is 1. The lowest BCUT2D eigenvalue weighted by molar-refractivity contribution is -0.656. The number of hydrogen-bond acceptors (Lipinski definition) is 2. The summed E-state index contributed by atoms with van der Waals surface area (Å²) in [6.45, 7) is 0. The van der Waals surface area contributed by atoms with Gasteiger partial charge >= 0.3 is 0 Å². The van der Waals surface area contributed by atoms with E-state index in [0.717, 1.165) is 36.9 Å². The van der Waals surface area contributed by atoms with Crippen LogP contribution in [0.25, 0.3) is 0 Å². The van der Waals surface area contributed by atoms with Crippen molar-refractivity contribution in [2.45, 2.75) is 31.7 Å². The van der Waals surface area contributed by atoms with Gasteiger partial charge in [0.05, 0.1) is 11.7 Å². The monoisotopic (exact) mass is 270 g/mol. The average Bonchev–Trinajstić information content (AvgIpc) is 2.47. The van der Waals surface area contributed by atoms with E-state index in [9.17, 15) is 10.1 Å². The molecule has 0 saturated carbocycles. The minimum atomic E-state index is -0.231. The van der Waals surface area contributed by atoms with Crippen molar-refractivity contribution in [3.05, 3.63) is 69.9 Å². The predicted octanol–water partition coefficient (Wildman–Crippen LogP) is 3.35. The minimum absolute atomic E-state index is 0.0404. The van der Waals surface area contributed by atoms with Gasteiger partial charge in [-0.1, -0.05) is 47.5 Å². The molecule has 4 heteroatoms. The Morgan fingerprint density at radius 2 is 2.05 bits per heavy atom. The first-order chi connectivity index (χ1) is 9.75. The molecule has 0 amide bonds. The van der Waals surface area contributed by atoms with Crippen molar-refractivity contribution in [3.63, 3.8) is 0 Å². The number of allylic oxidation sites excluding steroid dienone is 4. The third-order valence-electron chi connectivity index (χ3n) is 4.19. The second-order valence-electron chi connectivity index (χ2n) is 5.46. The van der Waals surface area contributed by atoms with Gasteiger partial charge in [-0.3, -0.25) is 0 Å². The molecule has 1 fully saturated rings. The van der Waals surface area contributed by atoms with E-state index in [-0.39, 0.29) is 11.1 Å². The molecular weight excluding hydrogens is 252 g/mol. The molecule has 1 heterocycles. The molecule has 1 aromatic carbocycles. The Hall–Kier alpha value is -2.10. The van der Waals surface area contributed by atoms with E-state index in [1.54, 1.807) is 0 Å². The third kappa shape index (κ3) is 2.46. The summed E-state index contributed by atoms with van der Waals surface area (Å²) in [5.41, 5.74) is 2.04. The molecule has 0 bridgehead atoms. The maximum absolute atomic E-state index is 11.5. The third-order valence-corrected chi connectivity index (χ3v) is 4.19. The lowest BCUT2D eigenvalue weighted by Crippen LogP contribution is -2.46. The van der Waals surface area contributed by atoms with Gasteiger partial charge in [0, 0.05) is 5.92 Å². The van der Waals surface area contributed by atoms with Gasteiger partial charge in [0.2, 0.25) is 0 Å². The summed E-state index contributed by atoms with van der Waals surface area (Å²) in [7, 11) is 0. The molecule has 4 nitrogen and oxygen atoms in total. The normalized spacial score (nSPS) is 25.0. The van der Waals surface area contributed by atoms with Gasteiger partial charge in [-0.15, -0.1) is 0 Å². The molecule has 1 aliphatic heterocycles. The van der Waals surface area contributed by atoms with E-state index in [2.05, 4.69) is 6.08 Å². The van der Waals surface area contributed by atoms with E-state index >= 15 is 0 Å². The average molecular weight is 270 g/mol. The fraction of sp³-hybridized carbons (Fsp3) is 0.375. The van der Waals surface area contributed by atoms with Gasteiger partial charge in [-0.05, 0) is 37.3 Å². The van der Waals surface area contributed by atoms with E-state index < -0.39 is 0 Å². The molecule has 1 aliphatic carbocycles. The van der Waals surface area contributed by atoms with Crippen LogP contribution < -0.4 is 0 Å². The molecule has 1 aromatic rings. The number of hydrogen-bond donors (Lipinski definition) is 0. The first kappa shape index (κ1) is 12.9. The molecular formula is C16H18N2O2. The molecule has 2 aliphatic rings. The number of nitro groups is 1. The topological polar surface area (TPSA) is 46.4 Å². The number of piperidine rings is 1. The summed E-state index contributed by atoms with van der Waals surface area (Å²) in [6, 6.07) is 9.99. The van der Waals surface area contributed by atoms with Crippen molar-refractivity contribution in [3.8, 4) is 0 Å². The minimum Gasteiger partial charge on any atom is -0.234 e. The van der Waals surface area contributed by atoms with E-state index in [4.69, 9.17) is 0 Å². The summed E-state index contributed by atoms with van der Waals surface area (Å²) in [4.78, 5) is 11.5. The van der Waals surface area contributed by atoms with Crippen LogP contribution >= 0.6 is 0 Å². The molecule has 0 N–H and O–H groups in total. The molecule has 0 radical (unpaired) electrons. The van der Waals surface area contributed by atoms with Crippen molar-refractivity contribution in [1.29, 1.82) is 0 Å². The van der Waals surface area contributed by atoms with Crippen molar-refractivity contribution >= 4 is 0 Å². The van der Waals surface area contributed by atoms with Crippen LogP contribution in [0.3, 0.4) is 0 Å². The van der Waals surface area contributed by atoms with Crippen molar-refractivity contribution in [2.75, 3.05) is 0 Å². The summed E-state index contributed by atoms with van der Waals surface area (Å²) in [5, 5.41) is 12.7. The molecule has 2 atom stereocenters. The molecule has 0 spiro atoms. The number of nitrogens with zero attached hydrogens (tertiary/aromatic N) is 2. The van der Waals surface area contributed by atoms with Crippen LogP contribution in [0.1, 0.15) is 24.8 Å². The highest BCUT2D eigenvalue weighted by molar-refractivity contribution is 5.23. The smallest absolute Gasteiger partial charge is 0.165 e. The highest BCUT2D eigenvalue weighted by Gasteiger charge is 2.39. The zero-order chi connectivity index (χ0) is 13.9. The SMILES string of the molecule is O=[N+]([O-])N1C2=CC=CCC2CCC1Cc1ccccc1. The highest BCUT2D eigenvalue weighted by Crippen LogP contribution is 2.36. The Balaban J connectivity index is 1.85. The second kappa shape index (κ2) is 5.49. The Bertz CT molecular complexity index is 551. The Morgan fingerprint density at radius 3 is 2.80 bits per heavy atom. The molecule has 20 heavy (non-hydrogen) atoms. The maximum Gasteiger partial charge on any atom is 0.165 e. The summed E-state index contributed by atoms with van der Waals surface area (Å²) >= 11 is 0. The molecule has 3 rings (SSSR count). The molecule has 104 valence electrons. The van der Waals surface area contributed by atoms with Crippen molar-refractivity contribution < 1.29 is 5.03 Å². The van der Waals surface area contributed by atoms with Gasteiger partial charge in [0.15, 0.2) is 5.03 Å². The van der Waals surface area contributed by atoms with Gasteiger partial charge < -0.3 is 0 Å². The van der Waals surface area contributed by atoms with Crippen LogP contribution in [0, 0.1) is 16.0 Å². The predicted molar refractivity (Wildman–Crippen MR) is 77.3 cm³/mol. The molecule has 1 saturated heterocycles. The van der Waals surface area contributed by atoms with Crippen molar-refractivity contribution in [2.24, 2.45) is 5.92 Å². The summed E-state index contributed by atoms with van der Waals surface area (Å²) in [5.74, 6) is 0.317. The van der Waals surface area contributed by atoms with Gasteiger partial charge in [0.25, 0.3) is 0 Å². The quantitative estimate of drug-likeness (QED) is 0.625. The van der Waals surface area contributed by atoms with Crippen LogP contribution in [0.15, 0.2) is 54.3 Å². The maximum atomic E-state index is 11.5. The Morgan fingerprint density at radius 1 is 1.25 bits per heavy atom. The van der Waals surface area contributed by atoms with Crippen LogP contribution in [0.4, 0.5) is 0 Å². The number of rotatable bonds is 3. The standard InChI is InChI=1S/C16H18N2O2/c19-18(20)17-15(12-13-6-2-1-3-7-13)11-10-14-8-4-5-9-16(14)17/h1-7,9,14-15H,8,10-12H2. The first-order valence-electron chi connectivity index (χ1n) is 7.10. The van der Waals surface area contributed by atoms with Gasteiger partial charge in [0.1, 0.15) is 0 Å². The Kier molecular flexibility index (Phi) is 3.54. The van der Waals surface area contributed by atoms with Crippen molar-refractivity contribution in [1.82, 2.24) is 5.01 Å². The van der Waals surface area contributed by atoms with Crippen LogP contribution in [0.2, 0.25) is 0 Å². The summed E-state index contributed by atoms with van der Waals surface area (Å²) < 4.78 is 0. The van der Waals surface area contributed by atoms with Crippen LogP contribution in [0.5, 0.6) is 0 Å². The lowest BCUT2D eigenvalue weighted by atomic mass is 9.84. The fourth-order valence-corrected chi connectivity index (χ4v) is 3.22. The van der Waals surface area contributed by atoms with Crippen LogP contribution in [-0.2, 0) is 6.42 Å². The summed E-state index contributed by atoms with van der Waals surface area (Å²) in [6.07, 6.45) is 9.53. The van der Waals surface area contributed by atoms with Crippen LogP contribution in [-0.4, -0.2) is 16.1 Å². The van der Waals surface area contributed by atoms with E-state index in [1.807, 2.05) is 42.5 Å². The molecule has 2 unspecified atom stereocenters. The fourth-order valence-electron chi connectivity index (χ4n) is 3.22. The second-order valence-corrected chi connectivity index (χ2v) is 5.46. The van der Waals surface area contributed by atoms with Gasteiger partial charge in [-0.25, -0.2) is 10.1 Å². The van der Waals surface area contributed by atoms with E-state index in [0.29, 0.717) is 5.92 Å². The Labute approximate surface area is 118 Å². The number of hydrazine groups is 1. The zero-order valence-corrected chi connectivity index (χ0v) is 11.3. The molecule has 0 aromatic heterocycles. The first-order valence-corrected chi connectivity index (χ1v) is 7.10. The largest absolute Gasteiger partial charge is 0.234 e. The van der Waals surface area contributed by atoms with Gasteiger partial charge in [-0.2, -0.15) is 0 Å². The lowest BCUT2D eigenvalue weighted by Gasteiger charge is -2.36. The van der Waals surface area contributed by atoms with E-state index in [1.165, 1.54) is 5.01 Å².